The van der Waals surface area contributed by atoms with Crippen LogP contribution < -0.4 is 0 Å². The maximum atomic E-state index is 10.5. The SMILES string of the molecule is N#Cc1c(-c2ccccc2)nc(-c2ccc(-n3c4ccccc4c4cc5c(cc43)sc3ccccc35)c3oc4ccccc4c23)nc1-c1ccccc1. The molecule has 11 aromatic rings. The zero-order valence-electron chi connectivity index (χ0n) is 28.1. The van der Waals surface area contributed by atoms with Crippen molar-refractivity contribution in [2.24, 2.45) is 0 Å². The minimum atomic E-state index is 0.439. The molecular formula is C47H26N4OS. The van der Waals surface area contributed by atoms with E-state index in [9.17, 15) is 5.26 Å². The summed E-state index contributed by atoms with van der Waals surface area (Å²) in [6.07, 6.45) is 0. The Kier molecular flexibility index (Phi) is 6.42. The molecule has 4 aromatic heterocycles. The summed E-state index contributed by atoms with van der Waals surface area (Å²) in [7, 11) is 0. The number of para-hydroxylation sites is 2. The monoisotopic (exact) mass is 694 g/mol. The molecule has 7 aromatic carbocycles. The average Bonchev–Trinajstić information content (AvgIpc) is 3.89. The molecule has 0 spiro atoms. The summed E-state index contributed by atoms with van der Waals surface area (Å²) in [4.78, 5) is 10.3. The molecule has 0 radical (unpaired) electrons. The van der Waals surface area contributed by atoms with Gasteiger partial charge in [-0.25, -0.2) is 9.97 Å². The Morgan fingerprint density at radius 2 is 1.19 bits per heavy atom. The van der Waals surface area contributed by atoms with Crippen molar-refractivity contribution in [2.45, 2.75) is 0 Å². The lowest BCUT2D eigenvalue weighted by Gasteiger charge is -2.14. The highest BCUT2D eigenvalue weighted by Crippen LogP contribution is 2.45. The van der Waals surface area contributed by atoms with E-state index in [2.05, 4.69) is 89.5 Å². The quantitative estimate of drug-likeness (QED) is 0.184. The third-order valence-corrected chi connectivity index (χ3v) is 11.4. The smallest absolute Gasteiger partial charge is 0.161 e. The van der Waals surface area contributed by atoms with Crippen molar-refractivity contribution < 1.29 is 4.42 Å². The zero-order valence-corrected chi connectivity index (χ0v) is 28.9. The van der Waals surface area contributed by atoms with Crippen molar-refractivity contribution in [1.82, 2.24) is 14.5 Å². The van der Waals surface area contributed by atoms with Crippen LogP contribution in [0.25, 0.3) is 104 Å². The molecule has 0 atom stereocenters. The van der Waals surface area contributed by atoms with E-state index in [0.29, 0.717) is 22.8 Å². The number of benzene rings is 7. The van der Waals surface area contributed by atoms with Gasteiger partial charge in [0.05, 0.1) is 28.1 Å². The summed E-state index contributed by atoms with van der Waals surface area (Å²) < 4.78 is 11.7. The van der Waals surface area contributed by atoms with E-state index in [1.165, 1.54) is 30.9 Å². The highest BCUT2D eigenvalue weighted by atomic mass is 32.1. The molecule has 11 rings (SSSR count). The lowest BCUT2D eigenvalue weighted by atomic mass is 9.99. The molecule has 0 aliphatic rings. The van der Waals surface area contributed by atoms with Crippen LogP contribution in [-0.4, -0.2) is 14.5 Å². The number of hydrogen-bond donors (Lipinski definition) is 0. The Morgan fingerprint density at radius 1 is 0.547 bits per heavy atom. The van der Waals surface area contributed by atoms with Gasteiger partial charge in [-0.15, -0.1) is 11.3 Å². The van der Waals surface area contributed by atoms with Gasteiger partial charge in [0, 0.05) is 58.4 Å². The molecule has 53 heavy (non-hydrogen) atoms. The zero-order chi connectivity index (χ0) is 35.0. The fourth-order valence-electron chi connectivity index (χ4n) is 7.92. The van der Waals surface area contributed by atoms with Gasteiger partial charge in [-0.05, 0) is 42.5 Å². The van der Waals surface area contributed by atoms with Gasteiger partial charge in [0.1, 0.15) is 17.2 Å². The van der Waals surface area contributed by atoms with E-state index in [0.717, 1.165) is 55.3 Å². The molecule has 0 amide bonds. The Hall–Kier alpha value is -7.07. The number of furan rings is 1. The number of aromatic nitrogens is 3. The third-order valence-electron chi connectivity index (χ3n) is 10.3. The number of nitrogens with zero attached hydrogens (tertiary/aromatic N) is 4. The summed E-state index contributed by atoms with van der Waals surface area (Å²) in [6.45, 7) is 0. The van der Waals surface area contributed by atoms with E-state index in [1.54, 1.807) is 0 Å². The van der Waals surface area contributed by atoms with Gasteiger partial charge in [0.15, 0.2) is 11.4 Å². The summed E-state index contributed by atoms with van der Waals surface area (Å²) >= 11 is 1.82. The predicted octanol–water partition coefficient (Wildman–Crippen LogP) is 12.7. The van der Waals surface area contributed by atoms with Crippen LogP contribution in [0.5, 0.6) is 0 Å². The van der Waals surface area contributed by atoms with E-state index >= 15 is 0 Å². The largest absolute Gasteiger partial charge is 0.454 e. The van der Waals surface area contributed by atoms with E-state index < -0.39 is 0 Å². The number of nitriles is 1. The Morgan fingerprint density at radius 3 is 1.92 bits per heavy atom. The Balaban J connectivity index is 1.24. The highest BCUT2D eigenvalue weighted by Gasteiger charge is 2.24. The van der Waals surface area contributed by atoms with Crippen LogP contribution >= 0.6 is 11.3 Å². The van der Waals surface area contributed by atoms with Gasteiger partial charge in [0.25, 0.3) is 0 Å². The fraction of sp³-hybridized carbons (Fsp3) is 0. The molecule has 6 heteroatoms. The molecule has 0 bridgehead atoms. The summed E-state index contributed by atoms with van der Waals surface area (Å²) in [6, 6.07) is 56.5. The second-order valence-corrected chi connectivity index (χ2v) is 14.3. The van der Waals surface area contributed by atoms with Gasteiger partial charge in [-0.3, -0.25) is 0 Å². The van der Waals surface area contributed by atoms with E-state index in [4.69, 9.17) is 14.4 Å². The lowest BCUT2D eigenvalue weighted by Crippen LogP contribution is -2.02. The van der Waals surface area contributed by atoms with Gasteiger partial charge in [0.2, 0.25) is 0 Å². The van der Waals surface area contributed by atoms with Gasteiger partial charge in [-0.2, -0.15) is 5.26 Å². The average molecular weight is 695 g/mol. The molecule has 246 valence electrons. The van der Waals surface area contributed by atoms with Crippen LogP contribution in [0.4, 0.5) is 0 Å². The van der Waals surface area contributed by atoms with Crippen molar-refractivity contribution >= 4 is 75.3 Å². The maximum absolute atomic E-state index is 10.5. The van der Waals surface area contributed by atoms with Gasteiger partial charge >= 0.3 is 0 Å². The Labute approximate surface area is 307 Å². The van der Waals surface area contributed by atoms with Crippen molar-refractivity contribution in [1.29, 1.82) is 5.26 Å². The van der Waals surface area contributed by atoms with Crippen LogP contribution in [0.3, 0.4) is 0 Å². The summed E-state index contributed by atoms with van der Waals surface area (Å²) in [5, 5.41) is 17.4. The normalized spacial score (nSPS) is 11.8. The molecule has 0 aliphatic heterocycles. The minimum Gasteiger partial charge on any atom is -0.454 e. The second kappa shape index (κ2) is 11.5. The van der Waals surface area contributed by atoms with E-state index in [1.807, 2.05) is 90.2 Å². The fourth-order valence-corrected chi connectivity index (χ4v) is 9.04. The maximum Gasteiger partial charge on any atom is 0.161 e. The molecular weight excluding hydrogens is 669 g/mol. The molecule has 0 unspecified atom stereocenters. The van der Waals surface area contributed by atoms with Gasteiger partial charge in [-0.1, -0.05) is 115 Å². The van der Waals surface area contributed by atoms with Crippen LogP contribution in [0, 0.1) is 11.3 Å². The van der Waals surface area contributed by atoms with Gasteiger partial charge < -0.3 is 8.98 Å². The molecule has 5 nitrogen and oxygen atoms in total. The molecule has 0 saturated heterocycles. The topological polar surface area (TPSA) is 67.6 Å². The number of hydrogen-bond acceptors (Lipinski definition) is 5. The van der Waals surface area contributed by atoms with Crippen molar-refractivity contribution in [2.75, 3.05) is 0 Å². The van der Waals surface area contributed by atoms with Crippen molar-refractivity contribution in [3.05, 3.63) is 163 Å². The predicted molar refractivity (Wildman–Crippen MR) is 218 cm³/mol. The molecule has 0 saturated carbocycles. The Bertz CT molecular complexity index is 3230. The summed E-state index contributed by atoms with van der Waals surface area (Å²) in [5.41, 5.74) is 8.86. The van der Waals surface area contributed by atoms with Crippen LogP contribution in [0.2, 0.25) is 0 Å². The number of fused-ring (bicyclic) bond motifs is 9. The van der Waals surface area contributed by atoms with E-state index in [-0.39, 0.29) is 0 Å². The van der Waals surface area contributed by atoms with Crippen molar-refractivity contribution in [3.63, 3.8) is 0 Å². The third kappa shape index (κ3) is 4.42. The lowest BCUT2D eigenvalue weighted by molar-refractivity contribution is 0.666. The highest BCUT2D eigenvalue weighted by molar-refractivity contribution is 7.25. The number of thiophene rings is 1. The van der Waals surface area contributed by atoms with Crippen LogP contribution in [0.1, 0.15) is 5.56 Å². The standard InChI is InChI=1S/C47H26N4OS/c48-27-36-44(28-13-3-1-4-14-28)49-47(50-45(36)29-15-5-2-6-16-29)33-23-24-38(46-43(33)32-19-8-11-21-40(32)52-46)51-37-20-10-7-17-30(37)34-25-35-31-18-9-12-22-41(31)53-42(35)26-39(34)51/h1-26H. The minimum absolute atomic E-state index is 0.439. The number of rotatable bonds is 4. The molecule has 0 aliphatic carbocycles. The molecule has 0 fully saturated rings. The molecule has 4 heterocycles. The first-order valence-corrected chi connectivity index (χ1v) is 18.3. The second-order valence-electron chi connectivity index (χ2n) is 13.2. The first-order chi connectivity index (χ1) is 26.2. The van der Waals surface area contributed by atoms with Crippen LogP contribution in [0.15, 0.2) is 162 Å². The molecule has 0 N–H and O–H groups in total. The van der Waals surface area contributed by atoms with Crippen molar-refractivity contribution in [3.8, 4) is 45.7 Å². The van der Waals surface area contributed by atoms with Crippen LogP contribution in [-0.2, 0) is 0 Å². The summed E-state index contributed by atoms with van der Waals surface area (Å²) in [5.74, 6) is 0.527. The first-order valence-electron chi connectivity index (χ1n) is 17.5. The first kappa shape index (κ1) is 29.6.